The van der Waals surface area contributed by atoms with E-state index in [4.69, 9.17) is 27.9 Å². The molecule has 0 radical (unpaired) electrons. The summed E-state index contributed by atoms with van der Waals surface area (Å²) in [7, 11) is 0. The minimum atomic E-state index is -0.386. The number of hydrogen-bond acceptors (Lipinski definition) is 4. The van der Waals surface area contributed by atoms with Crippen LogP contribution in [0.2, 0.25) is 8.67 Å². The van der Waals surface area contributed by atoms with Crippen molar-refractivity contribution in [2.24, 2.45) is 4.99 Å². The van der Waals surface area contributed by atoms with Gasteiger partial charge in [0.15, 0.2) is 4.80 Å². The number of thiazole rings is 1. The number of hydrogen-bond donors (Lipinski definition) is 0. The third-order valence-electron chi connectivity index (χ3n) is 4.05. The molecule has 0 spiro atoms. The lowest BCUT2D eigenvalue weighted by Gasteiger charge is -2.07. The SMILES string of the molecule is CCOCCn1c(=NC(=O)c2cc(Cl)sc2Cl)sc2cc(C)c(C)cc21. The van der Waals surface area contributed by atoms with Gasteiger partial charge in [-0.3, -0.25) is 4.79 Å². The zero-order valence-electron chi connectivity index (χ0n) is 14.6. The van der Waals surface area contributed by atoms with Crippen LogP contribution >= 0.6 is 45.9 Å². The Hall–Kier alpha value is -1.18. The van der Waals surface area contributed by atoms with Gasteiger partial charge >= 0.3 is 0 Å². The van der Waals surface area contributed by atoms with Gasteiger partial charge in [-0.2, -0.15) is 4.99 Å². The third kappa shape index (κ3) is 4.05. The van der Waals surface area contributed by atoms with Gasteiger partial charge in [0.2, 0.25) is 0 Å². The second kappa shape index (κ2) is 8.23. The number of fused-ring (bicyclic) bond motifs is 1. The van der Waals surface area contributed by atoms with Gasteiger partial charge in [-0.25, -0.2) is 0 Å². The van der Waals surface area contributed by atoms with Gasteiger partial charge in [-0.1, -0.05) is 34.5 Å². The topological polar surface area (TPSA) is 43.6 Å². The highest BCUT2D eigenvalue weighted by molar-refractivity contribution is 7.20. The maximum Gasteiger partial charge on any atom is 0.282 e. The Morgan fingerprint density at radius 2 is 1.92 bits per heavy atom. The van der Waals surface area contributed by atoms with E-state index in [0.29, 0.717) is 38.8 Å². The van der Waals surface area contributed by atoms with Crippen LogP contribution in [0, 0.1) is 13.8 Å². The van der Waals surface area contributed by atoms with Crippen LogP contribution in [-0.2, 0) is 11.3 Å². The van der Waals surface area contributed by atoms with Crippen molar-refractivity contribution in [2.75, 3.05) is 13.2 Å². The smallest absolute Gasteiger partial charge is 0.282 e. The fourth-order valence-corrected chi connectivity index (χ4v) is 5.14. The largest absolute Gasteiger partial charge is 0.380 e. The molecule has 0 bridgehead atoms. The molecule has 2 aromatic heterocycles. The predicted molar refractivity (Wildman–Crippen MR) is 110 cm³/mol. The monoisotopic (exact) mass is 428 g/mol. The summed E-state index contributed by atoms with van der Waals surface area (Å²) in [6.07, 6.45) is 0. The van der Waals surface area contributed by atoms with Crippen LogP contribution in [0.4, 0.5) is 0 Å². The van der Waals surface area contributed by atoms with Gasteiger partial charge < -0.3 is 9.30 Å². The van der Waals surface area contributed by atoms with Crippen molar-refractivity contribution >= 4 is 62.0 Å². The standard InChI is InChI=1S/C18H18Cl2N2O2S2/c1-4-24-6-5-22-13-7-10(2)11(3)8-14(13)25-18(22)21-17(23)12-9-15(19)26-16(12)20/h7-9H,4-6H2,1-3H3. The number of benzene rings is 1. The molecule has 138 valence electrons. The first-order valence-electron chi connectivity index (χ1n) is 8.13. The van der Waals surface area contributed by atoms with E-state index in [1.807, 2.05) is 11.5 Å². The fraction of sp³-hybridized carbons (Fsp3) is 0.333. The van der Waals surface area contributed by atoms with Gasteiger partial charge in [-0.15, -0.1) is 11.3 Å². The summed E-state index contributed by atoms with van der Waals surface area (Å²) in [4.78, 5) is 17.6. The molecule has 2 heterocycles. The zero-order chi connectivity index (χ0) is 18.8. The maximum atomic E-state index is 12.6. The molecule has 4 nitrogen and oxygen atoms in total. The van der Waals surface area contributed by atoms with E-state index in [9.17, 15) is 4.79 Å². The van der Waals surface area contributed by atoms with Crippen LogP contribution in [0.25, 0.3) is 10.2 Å². The Bertz CT molecular complexity index is 1030. The molecule has 0 aliphatic rings. The number of aryl methyl sites for hydroxylation is 2. The highest BCUT2D eigenvalue weighted by Gasteiger charge is 2.15. The van der Waals surface area contributed by atoms with Crippen molar-refractivity contribution in [1.29, 1.82) is 0 Å². The lowest BCUT2D eigenvalue weighted by atomic mass is 10.1. The number of aromatic nitrogens is 1. The minimum Gasteiger partial charge on any atom is -0.380 e. The molecular weight excluding hydrogens is 411 g/mol. The van der Waals surface area contributed by atoms with E-state index in [0.717, 1.165) is 21.6 Å². The maximum absolute atomic E-state index is 12.6. The molecule has 0 unspecified atom stereocenters. The highest BCUT2D eigenvalue weighted by atomic mass is 35.5. The molecule has 1 aromatic carbocycles. The van der Waals surface area contributed by atoms with E-state index in [-0.39, 0.29) is 5.91 Å². The summed E-state index contributed by atoms with van der Waals surface area (Å²) in [5.74, 6) is -0.386. The number of carbonyl (C=O) groups excluding carboxylic acids is 1. The summed E-state index contributed by atoms with van der Waals surface area (Å²) in [6.45, 7) is 7.95. The number of rotatable bonds is 5. The number of halogens is 2. The summed E-state index contributed by atoms with van der Waals surface area (Å²) >= 11 is 14.7. The van der Waals surface area contributed by atoms with Crippen LogP contribution in [-0.4, -0.2) is 23.7 Å². The van der Waals surface area contributed by atoms with Crippen molar-refractivity contribution in [1.82, 2.24) is 4.57 Å². The van der Waals surface area contributed by atoms with Crippen molar-refractivity contribution in [2.45, 2.75) is 27.3 Å². The Morgan fingerprint density at radius 1 is 1.19 bits per heavy atom. The van der Waals surface area contributed by atoms with Crippen molar-refractivity contribution in [3.05, 3.63) is 48.4 Å². The van der Waals surface area contributed by atoms with Gasteiger partial charge in [0.25, 0.3) is 5.91 Å². The van der Waals surface area contributed by atoms with Gasteiger partial charge in [0.05, 0.1) is 26.7 Å². The van der Waals surface area contributed by atoms with Crippen molar-refractivity contribution < 1.29 is 9.53 Å². The Morgan fingerprint density at radius 3 is 2.58 bits per heavy atom. The van der Waals surface area contributed by atoms with E-state index >= 15 is 0 Å². The fourth-order valence-electron chi connectivity index (χ4n) is 2.56. The average Bonchev–Trinajstić information content (AvgIpc) is 3.08. The lowest BCUT2D eigenvalue weighted by Crippen LogP contribution is -2.19. The lowest BCUT2D eigenvalue weighted by molar-refractivity contribution is 0.0997. The first-order chi connectivity index (χ1) is 12.4. The van der Waals surface area contributed by atoms with E-state index in [2.05, 4.69) is 31.0 Å². The summed E-state index contributed by atoms with van der Waals surface area (Å²) in [5.41, 5.74) is 3.80. The minimum absolute atomic E-state index is 0.336. The average molecular weight is 429 g/mol. The second-order valence-electron chi connectivity index (χ2n) is 5.79. The van der Waals surface area contributed by atoms with Crippen LogP contribution in [0.15, 0.2) is 23.2 Å². The Kier molecular flexibility index (Phi) is 6.20. The van der Waals surface area contributed by atoms with Crippen LogP contribution in [0.5, 0.6) is 0 Å². The predicted octanol–water partition coefficient (Wildman–Crippen LogP) is 5.47. The molecule has 0 aliphatic heterocycles. The van der Waals surface area contributed by atoms with E-state index in [1.54, 1.807) is 6.07 Å². The molecule has 0 N–H and O–H groups in total. The van der Waals surface area contributed by atoms with Crippen LogP contribution < -0.4 is 4.80 Å². The molecule has 0 fully saturated rings. The zero-order valence-corrected chi connectivity index (χ0v) is 17.8. The Balaban J connectivity index is 2.12. The first-order valence-corrected chi connectivity index (χ1v) is 10.5. The number of carbonyl (C=O) groups is 1. The molecule has 1 amide bonds. The molecule has 0 saturated carbocycles. The summed E-state index contributed by atoms with van der Waals surface area (Å²) in [6, 6.07) is 5.82. The summed E-state index contributed by atoms with van der Waals surface area (Å²) < 4.78 is 9.45. The molecule has 26 heavy (non-hydrogen) atoms. The third-order valence-corrected chi connectivity index (χ3v) is 6.57. The van der Waals surface area contributed by atoms with Gasteiger partial charge in [-0.05, 0) is 50.1 Å². The molecule has 3 aromatic rings. The van der Waals surface area contributed by atoms with Crippen LogP contribution in [0.3, 0.4) is 0 Å². The number of amides is 1. The summed E-state index contributed by atoms with van der Waals surface area (Å²) in [5, 5.41) is 0. The second-order valence-corrected chi connectivity index (χ2v) is 9.09. The molecule has 0 atom stereocenters. The van der Waals surface area contributed by atoms with Crippen molar-refractivity contribution in [3.8, 4) is 0 Å². The number of nitrogens with zero attached hydrogens (tertiary/aromatic N) is 2. The van der Waals surface area contributed by atoms with Gasteiger partial charge in [0, 0.05) is 13.2 Å². The molecule has 0 aliphatic carbocycles. The number of thiophene rings is 1. The van der Waals surface area contributed by atoms with E-state index < -0.39 is 0 Å². The van der Waals surface area contributed by atoms with E-state index in [1.165, 1.54) is 22.5 Å². The molecule has 0 saturated heterocycles. The van der Waals surface area contributed by atoms with Crippen molar-refractivity contribution in [3.63, 3.8) is 0 Å². The Labute approximate surface area is 169 Å². The van der Waals surface area contributed by atoms with Gasteiger partial charge in [0.1, 0.15) is 4.34 Å². The molecule has 8 heteroatoms. The molecule has 3 rings (SSSR count). The molecular formula is C18H18Cl2N2O2S2. The highest BCUT2D eigenvalue weighted by Crippen LogP contribution is 2.31. The quantitative estimate of drug-likeness (QED) is 0.505. The normalized spacial score (nSPS) is 12.3. The number of ether oxygens (including phenoxy) is 1. The first kappa shape index (κ1) is 19.6. The van der Waals surface area contributed by atoms with Crippen LogP contribution in [0.1, 0.15) is 28.4 Å².